The summed E-state index contributed by atoms with van der Waals surface area (Å²) < 4.78 is 0. The van der Waals surface area contributed by atoms with E-state index in [1.165, 1.54) is 11.3 Å². The number of carbonyl (C=O) groups is 1. The lowest BCUT2D eigenvalue weighted by molar-refractivity contribution is 0.144. The number of rotatable bonds is 4. The molecular weight excluding hydrogens is 286 g/mol. The molecule has 0 radical (unpaired) electrons. The molecule has 0 saturated heterocycles. The highest BCUT2D eigenvalue weighted by Gasteiger charge is 2.47. The van der Waals surface area contributed by atoms with Crippen molar-refractivity contribution in [2.24, 2.45) is 17.8 Å². The van der Waals surface area contributed by atoms with Crippen LogP contribution < -0.4 is 10.6 Å². The Labute approximate surface area is 129 Å². The molecule has 2 fully saturated rings. The quantitative estimate of drug-likeness (QED) is 0.800. The maximum absolute atomic E-state index is 12.0. The SMILES string of the molecule is CC(C)c1csc(NC(=O)N[C@@H]2C[C@@H]3CC(CO)C[C@@H]32)n1. The first-order valence-electron chi connectivity index (χ1n) is 7.70. The Morgan fingerprint density at radius 1 is 1.48 bits per heavy atom. The fourth-order valence-corrected chi connectivity index (χ4v) is 4.44. The largest absolute Gasteiger partial charge is 0.396 e. The zero-order chi connectivity index (χ0) is 15.0. The smallest absolute Gasteiger partial charge is 0.321 e. The minimum Gasteiger partial charge on any atom is -0.396 e. The van der Waals surface area contributed by atoms with Crippen LogP contribution in [0.5, 0.6) is 0 Å². The van der Waals surface area contributed by atoms with Crippen LogP contribution in [0.4, 0.5) is 9.93 Å². The molecule has 0 bridgehead atoms. The van der Waals surface area contributed by atoms with Crippen LogP contribution in [0, 0.1) is 17.8 Å². The Kier molecular flexibility index (Phi) is 4.17. The molecule has 1 heterocycles. The van der Waals surface area contributed by atoms with E-state index >= 15 is 0 Å². The van der Waals surface area contributed by atoms with Gasteiger partial charge in [0.25, 0.3) is 0 Å². The second-order valence-corrected chi connectivity index (χ2v) is 7.47. The van der Waals surface area contributed by atoms with Gasteiger partial charge in [-0.2, -0.15) is 0 Å². The van der Waals surface area contributed by atoms with Crippen LogP contribution in [0.3, 0.4) is 0 Å². The van der Waals surface area contributed by atoms with Gasteiger partial charge < -0.3 is 10.4 Å². The summed E-state index contributed by atoms with van der Waals surface area (Å²) in [5, 5.41) is 17.8. The fraction of sp³-hybridized carbons (Fsp3) is 0.733. The number of nitrogens with one attached hydrogen (secondary N) is 2. The van der Waals surface area contributed by atoms with Gasteiger partial charge in [0.1, 0.15) is 0 Å². The molecule has 5 nitrogen and oxygen atoms in total. The molecule has 0 spiro atoms. The predicted molar refractivity (Wildman–Crippen MR) is 83.6 cm³/mol. The highest BCUT2D eigenvalue weighted by Crippen LogP contribution is 2.49. The first kappa shape index (κ1) is 14.8. The van der Waals surface area contributed by atoms with Crippen LogP contribution in [0.1, 0.15) is 44.7 Å². The summed E-state index contributed by atoms with van der Waals surface area (Å²) in [5.41, 5.74) is 1.01. The minimum absolute atomic E-state index is 0.157. The first-order chi connectivity index (χ1) is 10.1. The van der Waals surface area contributed by atoms with E-state index in [-0.39, 0.29) is 18.7 Å². The van der Waals surface area contributed by atoms with E-state index in [9.17, 15) is 9.90 Å². The normalized spacial score (nSPS) is 30.9. The molecule has 116 valence electrons. The number of fused-ring (bicyclic) bond motifs is 1. The monoisotopic (exact) mass is 309 g/mol. The molecule has 1 unspecified atom stereocenters. The average molecular weight is 309 g/mol. The maximum atomic E-state index is 12.0. The molecule has 21 heavy (non-hydrogen) atoms. The second-order valence-electron chi connectivity index (χ2n) is 6.62. The first-order valence-corrected chi connectivity index (χ1v) is 8.58. The van der Waals surface area contributed by atoms with E-state index < -0.39 is 0 Å². The average Bonchev–Trinajstić information content (AvgIpc) is 3.01. The summed E-state index contributed by atoms with van der Waals surface area (Å²) in [7, 11) is 0. The van der Waals surface area contributed by atoms with Crippen LogP contribution in [0.25, 0.3) is 0 Å². The van der Waals surface area contributed by atoms with Gasteiger partial charge >= 0.3 is 6.03 Å². The van der Waals surface area contributed by atoms with Crippen molar-refractivity contribution in [2.45, 2.75) is 45.1 Å². The van der Waals surface area contributed by atoms with Crippen molar-refractivity contribution in [1.29, 1.82) is 0 Å². The Morgan fingerprint density at radius 2 is 2.29 bits per heavy atom. The van der Waals surface area contributed by atoms with Gasteiger partial charge in [0.05, 0.1) is 5.69 Å². The third-order valence-corrected chi connectivity index (χ3v) is 5.61. The number of aromatic nitrogens is 1. The van der Waals surface area contributed by atoms with Crippen LogP contribution in [-0.4, -0.2) is 28.8 Å². The summed E-state index contributed by atoms with van der Waals surface area (Å²) in [4.78, 5) is 16.4. The van der Waals surface area contributed by atoms with Crippen molar-refractivity contribution >= 4 is 22.5 Å². The molecule has 2 aliphatic carbocycles. The number of urea groups is 1. The summed E-state index contributed by atoms with van der Waals surface area (Å²) in [6.45, 7) is 4.46. The molecule has 0 aliphatic heterocycles. The molecule has 2 amide bonds. The molecular formula is C15H23N3O2S. The summed E-state index contributed by atoms with van der Waals surface area (Å²) >= 11 is 1.47. The molecule has 2 saturated carbocycles. The summed E-state index contributed by atoms with van der Waals surface area (Å²) in [5.74, 6) is 2.05. The van der Waals surface area contributed by atoms with Crippen molar-refractivity contribution in [3.05, 3.63) is 11.1 Å². The Balaban J connectivity index is 1.49. The molecule has 3 rings (SSSR count). The Bertz CT molecular complexity index is 517. The van der Waals surface area contributed by atoms with E-state index in [2.05, 4.69) is 29.5 Å². The standard InChI is InChI=1S/C15H23N3O2S/c1-8(2)13-7-21-15(17-13)18-14(20)16-12-5-10-3-9(6-19)4-11(10)12/h7-12,19H,3-6H2,1-2H3,(H2,16,17,18,20)/t9?,10-,11-,12+/m0/s1. The summed E-state index contributed by atoms with van der Waals surface area (Å²) in [6, 6.07) is 0.103. The maximum Gasteiger partial charge on any atom is 0.321 e. The molecule has 4 atom stereocenters. The highest BCUT2D eigenvalue weighted by molar-refractivity contribution is 7.13. The summed E-state index contributed by atoms with van der Waals surface area (Å²) in [6.07, 6.45) is 3.20. The van der Waals surface area contributed by atoms with Gasteiger partial charge in [-0.15, -0.1) is 11.3 Å². The number of aliphatic hydroxyl groups is 1. The van der Waals surface area contributed by atoms with Crippen LogP contribution in [0.2, 0.25) is 0 Å². The van der Waals surface area contributed by atoms with Gasteiger partial charge in [-0.25, -0.2) is 9.78 Å². The lowest BCUT2D eigenvalue weighted by atomic mass is 9.71. The number of aliphatic hydroxyl groups excluding tert-OH is 1. The zero-order valence-electron chi connectivity index (χ0n) is 12.5. The van der Waals surface area contributed by atoms with Gasteiger partial charge in [-0.05, 0) is 42.9 Å². The van der Waals surface area contributed by atoms with E-state index in [0.29, 0.717) is 28.8 Å². The number of hydrogen-bond acceptors (Lipinski definition) is 4. The van der Waals surface area contributed by atoms with E-state index in [1.807, 2.05) is 5.38 Å². The van der Waals surface area contributed by atoms with Crippen molar-refractivity contribution in [1.82, 2.24) is 10.3 Å². The van der Waals surface area contributed by atoms with Crippen LogP contribution in [-0.2, 0) is 0 Å². The number of hydrogen-bond donors (Lipinski definition) is 3. The number of nitrogens with zero attached hydrogens (tertiary/aromatic N) is 1. The number of thiazole rings is 1. The minimum atomic E-state index is -0.157. The van der Waals surface area contributed by atoms with Crippen molar-refractivity contribution in [2.75, 3.05) is 11.9 Å². The zero-order valence-corrected chi connectivity index (χ0v) is 13.3. The second kappa shape index (κ2) is 5.93. The van der Waals surface area contributed by atoms with Gasteiger partial charge in [-0.1, -0.05) is 13.8 Å². The number of amides is 2. The molecule has 1 aromatic rings. The molecule has 1 aromatic heterocycles. The van der Waals surface area contributed by atoms with Crippen molar-refractivity contribution in [3.8, 4) is 0 Å². The third kappa shape index (κ3) is 3.06. The fourth-order valence-electron chi connectivity index (χ4n) is 3.57. The topological polar surface area (TPSA) is 74.2 Å². The lowest BCUT2D eigenvalue weighted by Crippen LogP contribution is -2.51. The predicted octanol–water partition coefficient (Wildman–Crippen LogP) is 2.80. The van der Waals surface area contributed by atoms with Gasteiger partial charge in [-0.3, -0.25) is 5.32 Å². The van der Waals surface area contributed by atoms with Gasteiger partial charge in [0.2, 0.25) is 0 Å². The van der Waals surface area contributed by atoms with Crippen LogP contribution >= 0.6 is 11.3 Å². The molecule has 6 heteroatoms. The Hall–Kier alpha value is -1.14. The van der Waals surface area contributed by atoms with Gasteiger partial charge in [0.15, 0.2) is 5.13 Å². The lowest BCUT2D eigenvalue weighted by Gasteiger charge is -2.40. The van der Waals surface area contributed by atoms with Crippen molar-refractivity contribution < 1.29 is 9.90 Å². The number of carbonyl (C=O) groups excluding carboxylic acids is 1. The molecule has 2 aliphatic rings. The van der Waals surface area contributed by atoms with Gasteiger partial charge in [0, 0.05) is 18.0 Å². The van der Waals surface area contributed by atoms with Crippen LogP contribution in [0.15, 0.2) is 5.38 Å². The van der Waals surface area contributed by atoms with E-state index in [4.69, 9.17) is 0 Å². The van der Waals surface area contributed by atoms with Crippen molar-refractivity contribution in [3.63, 3.8) is 0 Å². The van der Waals surface area contributed by atoms with E-state index in [0.717, 1.165) is 25.0 Å². The highest BCUT2D eigenvalue weighted by atomic mass is 32.1. The molecule has 0 aromatic carbocycles. The van der Waals surface area contributed by atoms with E-state index in [1.54, 1.807) is 0 Å². The number of anilines is 1. The molecule has 3 N–H and O–H groups in total. The third-order valence-electron chi connectivity index (χ3n) is 4.83. The Morgan fingerprint density at radius 3 is 2.95 bits per heavy atom.